The Morgan fingerprint density at radius 1 is 0.621 bits per heavy atom. The average Bonchev–Trinajstić information content (AvgIpc) is 3.30. The van der Waals surface area contributed by atoms with Gasteiger partial charge < -0.3 is 0 Å². The minimum absolute atomic E-state index is 0.295. The smallest absolute Gasteiger partial charge is 0.0728 e. The van der Waals surface area contributed by atoms with E-state index in [0.717, 1.165) is 0 Å². The number of hydrogen-bond donors (Lipinski definition) is 0. The molecule has 6 rings (SSSR count). The Labute approximate surface area is 188 Å². The summed E-state index contributed by atoms with van der Waals surface area (Å²) in [5.41, 5.74) is 6.56. The summed E-state index contributed by atoms with van der Waals surface area (Å²) in [5.74, 6) is 0. The summed E-state index contributed by atoms with van der Waals surface area (Å²) < 4.78 is 2.72. The predicted octanol–water partition coefficient (Wildman–Crippen LogP) is 7.87. The molecule has 1 aliphatic rings. The first-order chi connectivity index (χ1) is 14.3. The Balaban J connectivity index is 1.87. The summed E-state index contributed by atoms with van der Waals surface area (Å²) in [5, 5.41) is 1.38. The van der Waals surface area contributed by atoms with Gasteiger partial charge in [0.1, 0.15) is 0 Å². The van der Waals surface area contributed by atoms with E-state index in [1.54, 1.807) is 0 Å². The zero-order chi connectivity index (χ0) is 19.4. The molecule has 0 spiro atoms. The molecule has 0 saturated carbocycles. The fourth-order valence-electron chi connectivity index (χ4n) is 4.93. The quantitative estimate of drug-likeness (QED) is 0.212. The van der Waals surface area contributed by atoms with Crippen molar-refractivity contribution in [3.63, 3.8) is 0 Å². The van der Waals surface area contributed by atoms with Gasteiger partial charge in [0, 0.05) is 13.1 Å². The maximum atomic E-state index is 2.48. The van der Waals surface area contributed by atoms with Gasteiger partial charge in [-0.2, -0.15) is 0 Å². The molecule has 4 aromatic carbocycles. The van der Waals surface area contributed by atoms with Gasteiger partial charge in [-0.25, -0.2) is 0 Å². The summed E-state index contributed by atoms with van der Waals surface area (Å²) in [7, 11) is 0. The fraction of sp³-hybridized carbons (Fsp3) is 0.0370. The maximum Gasteiger partial charge on any atom is 0.0728 e. The molecule has 0 nitrogen and oxygen atoms in total. The van der Waals surface area contributed by atoms with Gasteiger partial charge in [-0.1, -0.05) is 97.1 Å². The van der Waals surface area contributed by atoms with Gasteiger partial charge in [0.05, 0.1) is 5.41 Å². The molecule has 138 valence electrons. The van der Waals surface area contributed by atoms with Crippen LogP contribution in [0.1, 0.15) is 22.3 Å². The number of rotatable bonds is 2. The lowest BCUT2D eigenvalue weighted by atomic mass is 9.67. The Hall–Kier alpha value is -2.43. The highest BCUT2D eigenvalue weighted by Gasteiger charge is 2.48. The molecule has 0 aliphatic heterocycles. The van der Waals surface area contributed by atoms with Gasteiger partial charge in [-0.15, -0.1) is 11.3 Å². The first-order valence-corrected chi connectivity index (χ1v) is 11.6. The number of thiophene rings is 1. The van der Waals surface area contributed by atoms with Crippen molar-refractivity contribution in [2.45, 2.75) is 5.41 Å². The largest absolute Gasteiger partial charge is 0.134 e. The van der Waals surface area contributed by atoms with Crippen LogP contribution in [-0.2, 0) is 5.41 Å². The fourth-order valence-corrected chi connectivity index (χ4v) is 7.06. The van der Waals surface area contributed by atoms with E-state index in [4.69, 9.17) is 0 Å². The van der Waals surface area contributed by atoms with Crippen molar-refractivity contribution in [3.8, 4) is 10.4 Å². The SMILES string of the molecule is Ic1cccc2c3c(sc12)-c1ccccc1C3(c1ccccc1)c1ccccc1. The predicted molar refractivity (Wildman–Crippen MR) is 132 cm³/mol. The molecule has 0 radical (unpaired) electrons. The molecular weight excluding hydrogens is 483 g/mol. The van der Waals surface area contributed by atoms with Crippen LogP contribution in [0.5, 0.6) is 0 Å². The molecule has 1 aliphatic carbocycles. The van der Waals surface area contributed by atoms with Gasteiger partial charge in [0.25, 0.3) is 0 Å². The normalized spacial score (nSPS) is 14.0. The molecule has 0 atom stereocenters. The van der Waals surface area contributed by atoms with Crippen molar-refractivity contribution < 1.29 is 0 Å². The first-order valence-electron chi connectivity index (χ1n) is 9.74. The molecule has 1 heterocycles. The Kier molecular flexibility index (Phi) is 3.93. The van der Waals surface area contributed by atoms with Crippen LogP contribution in [0, 0.1) is 3.57 Å². The van der Waals surface area contributed by atoms with Crippen LogP contribution in [0.15, 0.2) is 103 Å². The second-order valence-electron chi connectivity index (χ2n) is 7.45. The number of fused-ring (bicyclic) bond motifs is 5. The van der Waals surface area contributed by atoms with Gasteiger partial charge in [0.15, 0.2) is 0 Å². The van der Waals surface area contributed by atoms with Crippen molar-refractivity contribution >= 4 is 44.0 Å². The third-order valence-corrected chi connectivity index (χ3v) is 8.57. The van der Waals surface area contributed by atoms with Crippen LogP contribution in [0.3, 0.4) is 0 Å². The standard InChI is InChI=1S/C27H17IS/c28-23-17-9-15-21-24-26(29-25(21)23)20-14-7-8-16-22(20)27(24,18-10-3-1-4-11-18)19-12-5-2-6-13-19/h1-17H. The van der Waals surface area contributed by atoms with Gasteiger partial charge in [0.2, 0.25) is 0 Å². The van der Waals surface area contributed by atoms with Crippen LogP contribution in [-0.4, -0.2) is 0 Å². The molecule has 0 amide bonds. The lowest BCUT2D eigenvalue weighted by Gasteiger charge is -2.33. The summed E-state index contributed by atoms with van der Waals surface area (Å²) in [6.07, 6.45) is 0. The van der Waals surface area contributed by atoms with Crippen LogP contribution < -0.4 is 0 Å². The van der Waals surface area contributed by atoms with Crippen molar-refractivity contribution in [3.05, 3.63) is 129 Å². The van der Waals surface area contributed by atoms with E-state index < -0.39 is 0 Å². The summed E-state index contributed by atoms with van der Waals surface area (Å²) in [4.78, 5) is 1.41. The number of hydrogen-bond acceptors (Lipinski definition) is 1. The monoisotopic (exact) mass is 500 g/mol. The minimum Gasteiger partial charge on any atom is -0.134 e. The van der Waals surface area contributed by atoms with E-state index in [9.17, 15) is 0 Å². The van der Waals surface area contributed by atoms with E-state index in [-0.39, 0.29) is 5.41 Å². The zero-order valence-electron chi connectivity index (χ0n) is 15.6. The lowest BCUT2D eigenvalue weighted by molar-refractivity contribution is 0.776. The highest BCUT2D eigenvalue weighted by Crippen LogP contribution is 2.60. The molecule has 0 saturated heterocycles. The van der Waals surface area contributed by atoms with Crippen LogP contribution >= 0.6 is 33.9 Å². The summed E-state index contributed by atoms with van der Waals surface area (Å²) in [6.45, 7) is 0. The minimum atomic E-state index is -0.295. The topological polar surface area (TPSA) is 0 Å². The van der Waals surface area contributed by atoms with Crippen LogP contribution in [0.25, 0.3) is 20.5 Å². The molecule has 0 unspecified atom stereocenters. The number of halogens is 1. The summed E-state index contributed by atoms with van der Waals surface area (Å²) >= 11 is 4.42. The Morgan fingerprint density at radius 3 is 1.93 bits per heavy atom. The summed E-state index contributed by atoms with van der Waals surface area (Å²) in [6, 6.07) is 37.7. The molecule has 0 fully saturated rings. The molecular formula is C27H17IS. The van der Waals surface area contributed by atoms with Crippen LogP contribution in [0.4, 0.5) is 0 Å². The molecule has 29 heavy (non-hydrogen) atoms. The third-order valence-electron chi connectivity index (χ3n) is 6.03. The van der Waals surface area contributed by atoms with Crippen molar-refractivity contribution in [2.75, 3.05) is 0 Å². The molecule has 1 aromatic heterocycles. The average molecular weight is 500 g/mol. The van der Waals surface area contributed by atoms with Gasteiger partial charge in [-0.3, -0.25) is 0 Å². The second-order valence-corrected chi connectivity index (χ2v) is 9.63. The van der Waals surface area contributed by atoms with Crippen LogP contribution in [0.2, 0.25) is 0 Å². The number of benzene rings is 4. The van der Waals surface area contributed by atoms with E-state index in [1.807, 2.05) is 11.3 Å². The molecule has 0 bridgehead atoms. The zero-order valence-corrected chi connectivity index (χ0v) is 18.6. The molecule has 0 N–H and O–H groups in total. The Morgan fingerprint density at radius 2 is 1.24 bits per heavy atom. The van der Waals surface area contributed by atoms with E-state index in [1.165, 1.54) is 46.4 Å². The van der Waals surface area contributed by atoms with E-state index in [2.05, 4.69) is 126 Å². The van der Waals surface area contributed by atoms with Gasteiger partial charge in [-0.05, 0) is 61.9 Å². The van der Waals surface area contributed by atoms with E-state index in [0.29, 0.717) is 0 Å². The van der Waals surface area contributed by atoms with Crippen molar-refractivity contribution in [1.82, 2.24) is 0 Å². The maximum absolute atomic E-state index is 2.48. The second kappa shape index (κ2) is 6.54. The lowest BCUT2D eigenvalue weighted by Crippen LogP contribution is -2.28. The van der Waals surface area contributed by atoms with E-state index >= 15 is 0 Å². The molecule has 5 aromatic rings. The molecule has 2 heteroatoms. The highest BCUT2D eigenvalue weighted by atomic mass is 127. The third kappa shape index (κ3) is 2.30. The van der Waals surface area contributed by atoms with Gasteiger partial charge >= 0.3 is 0 Å². The van der Waals surface area contributed by atoms with Crippen molar-refractivity contribution in [1.29, 1.82) is 0 Å². The highest BCUT2D eigenvalue weighted by molar-refractivity contribution is 14.1. The Bertz CT molecular complexity index is 1310. The van der Waals surface area contributed by atoms with Crippen molar-refractivity contribution in [2.24, 2.45) is 0 Å². The first kappa shape index (κ1) is 17.4.